The molecule has 0 aliphatic heterocycles. The van der Waals surface area contributed by atoms with Gasteiger partial charge in [-0.25, -0.2) is 5.43 Å². The maximum Gasteiger partial charge on any atom is 0.275 e. The lowest BCUT2D eigenvalue weighted by Crippen LogP contribution is -2.17. The monoisotopic (exact) mass is 294 g/mol. The summed E-state index contributed by atoms with van der Waals surface area (Å²) in [5.41, 5.74) is 2.43. The minimum Gasteiger partial charge on any atom is -0.507 e. The Morgan fingerprint density at radius 3 is 2.89 bits per heavy atom. The summed E-state index contributed by atoms with van der Waals surface area (Å²) >= 11 is 7.34. The number of thiophene rings is 1. The number of hydrogen-bond acceptors (Lipinski definition) is 4. The summed E-state index contributed by atoms with van der Waals surface area (Å²) < 4.78 is 0. The Kier molecular flexibility index (Phi) is 4.19. The van der Waals surface area contributed by atoms with E-state index in [0.717, 1.165) is 4.88 Å². The summed E-state index contributed by atoms with van der Waals surface area (Å²) in [4.78, 5) is 13.9. The van der Waals surface area contributed by atoms with Crippen molar-refractivity contribution in [1.82, 2.24) is 5.43 Å². The van der Waals surface area contributed by atoms with E-state index >= 15 is 0 Å². The van der Waals surface area contributed by atoms with Crippen LogP contribution in [0.2, 0.25) is 5.02 Å². The normalized spacial score (nSPS) is 10.8. The molecular weight excluding hydrogens is 284 g/mol. The predicted octanol–water partition coefficient (Wildman–Crippen LogP) is 3.18. The summed E-state index contributed by atoms with van der Waals surface area (Å²) in [5.74, 6) is -0.645. The standard InChI is InChI=1S/C13H11ClN2O2S/c1-8-2-4-10(19-8)7-15-16-13(18)11-6-9(14)3-5-12(11)17/h2-7,17H,1H3,(H,16,18)/b15-7-. The van der Waals surface area contributed by atoms with Crippen LogP contribution in [0.4, 0.5) is 0 Å². The van der Waals surface area contributed by atoms with E-state index in [1.807, 2.05) is 19.1 Å². The fraction of sp³-hybridized carbons (Fsp3) is 0.0769. The summed E-state index contributed by atoms with van der Waals surface area (Å²) in [6, 6.07) is 8.13. The molecule has 19 heavy (non-hydrogen) atoms. The third kappa shape index (κ3) is 3.56. The van der Waals surface area contributed by atoms with Gasteiger partial charge >= 0.3 is 0 Å². The molecule has 98 valence electrons. The lowest BCUT2D eigenvalue weighted by molar-refractivity contribution is 0.0952. The van der Waals surface area contributed by atoms with Crippen LogP contribution in [0.1, 0.15) is 20.1 Å². The molecule has 0 bridgehead atoms. The Hall–Kier alpha value is -1.85. The van der Waals surface area contributed by atoms with E-state index in [-0.39, 0.29) is 11.3 Å². The lowest BCUT2D eigenvalue weighted by Gasteiger charge is -2.02. The molecule has 0 radical (unpaired) electrons. The number of aromatic hydroxyl groups is 1. The highest BCUT2D eigenvalue weighted by atomic mass is 35.5. The second-order valence-electron chi connectivity index (χ2n) is 3.81. The molecule has 0 atom stereocenters. The van der Waals surface area contributed by atoms with Crippen molar-refractivity contribution in [3.63, 3.8) is 0 Å². The number of rotatable bonds is 3. The number of amides is 1. The van der Waals surface area contributed by atoms with Crippen molar-refractivity contribution in [2.24, 2.45) is 5.10 Å². The van der Waals surface area contributed by atoms with Gasteiger partial charge in [0.1, 0.15) is 5.75 Å². The van der Waals surface area contributed by atoms with Crippen molar-refractivity contribution >= 4 is 35.1 Å². The number of hydrazone groups is 1. The number of benzene rings is 1. The van der Waals surface area contributed by atoms with Gasteiger partial charge in [0.05, 0.1) is 11.8 Å². The highest BCUT2D eigenvalue weighted by Gasteiger charge is 2.10. The Labute approximate surface area is 119 Å². The number of nitrogens with one attached hydrogen (secondary N) is 1. The number of aryl methyl sites for hydroxylation is 1. The first-order valence-electron chi connectivity index (χ1n) is 5.44. The van der Waals surface area contributed by atoms with Gasteiger partial charge in [0.15, 0.2) is 0 Å². The number of nitrogens with zero attached hydrogens (tertiary/aromatic N) is 1. The Balaban J connectivity index is 2.05. The molecule has 1 aromatic carbocycles. The molecule has 1 aromatic heterocycles. The molecule has 1 amide bonds. The van der Waals surface area contributed by atoms with Crippen LogP contribution in [0.3, 0.4) is 0 Å². The van der Waals surface area contributed by atoms with Crippen molar-refractivity contribution in [3.05, 3.63) is 50.7 Å². The maximum atomic E-state index is 11.8. The molecule has 2 N–H and O–H groups in total. The van der Waals surface area contributed by atoms with Gasteiger partial charge in [-0.1, -0.05) is 11.6 Å². The van der Waals surface area contributed by atoms with Crippen LogP contribution in [0, 0.1) is 6.92 Å². The van der Waals surface area contributed by atoms with Crippen LogP contribution in [-0.4, -0.2) is 17.2 Å². The van der Waals surface area contributed by atoms with Gasteiger partial charge in [0.25, 0.3) is 5.91 Å². The van der Waals surface area contributed by atoms with E-state index in [9.17, 15) is 9.90 Å². The van der Waals surface area contributed by atoms with Crippen LogP contribution in [-0.2, 0) is 0 Å². The van der Waals surface area contributed by atoms with Gasteiger partial charge in [0.2, 0.25) is 0 Å². The molecule has 0 aliphatic rings. The Morgan fingerprint density at radius 1 is 1.42 bits per heavy atom. The number of phenolic OH excluding ortho intramolecular Hbond substituents is 1. The SMILES string of the molecule is Cc1ccc(/C=N\NC(=O)c2cc(Cl)ccc2O)s1. The topological polar surface area (TPSA) is 61.7 Å². The molecule has 0 saturated carbocycles. The average molecular weight is 295 g/mol. The largest absolute Gasteiger partial charge is 0.507 e. The van der Waals surface area contributed by atoms with Crippen LogP contribution in [0.15, 0.2) is 35.4 Å². The van der Waals surface area contributed by atoms with Crippen molar-refractivity contribution in [2.45, 2.75) is 6.92 Å². The van der Waals surface area contributed by atoms with Gasteiger partial charge in [-0.2, -0.15) is 5.10 Å². The summed E-state index contributed by atoms with van der Waals surface area (Å²) in [6.45, 7) is 1.99. The second-order valence-corrected chi connectivity index (χ2v) is 5.56. The highest BCUT2D eigenvalue weighted by Crippen LogP contribution is 2.21. The lowest BCUT2D eigenvalue weighted by atomic mass is 10.2. The summed E-state index contributed by atoms with van der Waals surface area (Å²) in [6.07, 6.45) is 1.55. The molecule has 1 heterocycles. The van der Waals surface area contributed by atoms with Gasteiger partial charge in [0, 0.05) is 14.8 Å². The van der Waals surface area contributed by atoms with Gasteiger partial charge in [-0.3, -0.25) is 4.79 Å². The van der Waals surface area contributed by atoms with Gasteiger partial charge in [-0.05, 0) is 37.3 Å². The first-order valence-corrected chi connectivity index (χ1v) is 6.64. The number of phenols is 1. The fourth-order valence-corrected chi connectivity index (χ4v) is 2.35. The average Bonchev–Trinajstić information content (AvgIpc) is 2.78. The molecule has 0 saturated heterocycles. The summed E-state index contributed by atoms with van der Waals surface area (Å²) in [7, 11) is 0. The molecule has 0 fully saturated rings. The molecule has 2 rings (SSSR count). The summed E-state index contributed by atoms with van der Waals surface area (Å²) in [5, 5.41) is 13.8. The predicted molar refractivity (Wildman–Crippen MR) is 77.2 cm³/mol. The molecule has 6 heteroatoms. The van der Waals surface area contributed by atoms with E-state index in [0.29, 0.717) is 5.02 Å². The zero-order valence-corrected chi connectivity index (χ0v) is 11.6. The Bertz CT molecular complexity index is 637. The Morgan fingerprint density at radius 2 is 2.21 bits per heavy atom. The third-order valence-electron chi connectivity index (χ3n) is 2.32. The maximum absolute atomic E-state index is 11.8. The molecule has 2 aromatic rings. The van der Waals surface area contributed by atoms with Crippen LogP contribution in [0.5, 0.6) is 5.75 Å². The minimum atomic E-state index is -0.510. The molecule has 0 aliphatic carbocycles. The van der Waals surface area contributed by atoms with Gasteiger partial charge in [-0.15, -0.1) is 11.3 Å². The minimum absolute atomic E-state index is 0.0898. The quantitative estimate of drug-likeness (QED) is 0.674. The van der Waals surface area contributed by atoms with Crippen molar-refractivity contribution in [1.29, 1.82) is 0 Å². The molecule has 0 unspecified atom stereocenters. The molecular formula is C13H11ClN2O2S. The van der Waals surface area contributed by atoms with Crippen LogP contribution in [0.25, 0.3) is 0 Å². The van der Waals surface area contributed by atoms with Crippen molar-refractivity contribution in [2.75, 3.05) is 0 Å². The van der Waals surface area contributed by atoms with Crippen LogP contribution < -0.4 is 5.43 Å². The number of hydrogen-bond donors (Lipinski definition) is 2. The second kappa shape index (κ2) is 5.86. The van der Waals surface area contributed by atoms with Crippen LogP contribution >= 0.6 is 22.9 Å². The van der Waals surface area contributed by atoms with E-state index in [1.165, 1.54) is 23.1 Å². The zero-order chi connectivity index (χ0) is 13.8. The van der Waals surface area contributed by atoms with E-state index in [1.54, 1.807) is 17.6 Å². The number of carbonyl (C=O) groups is 1. The fourth-order valence-electron chi connectivity index (χ4n) is 1.43. The third-order valence-corrected chi connectivity index (χ3v) is 3.49. The molecule has 4 nitrogen and oxygen atoms in total. The zero-order valence-electron chi connectivity index (χ0n) is 10.1. The van der Waals surface area contributed by atoms with E-state index in [2.05, 4.69) is 10.5 Å². The smallest absolute Gasteiger partial charge is 0.275 e. The number of halogens is 1. The van der Waals surface area contributed by atoms with E-state index in [4.69, 9.17) is 11.6 Å². The highest BCUT2D eigenvalue weighted by molar-refractivity contribution is 7.13. The first kappa shape index (κ1) is 13.6. The van der Waals surface area contributed by atoms with Crippen molar-refractivity contribution < 1.29 is 9.90 Å². The first-order chi connectivity index (χ1) is 9.06. The van der Waals surface area contributed by atoms with Crippen molar-refractivity contribution in [3.8, 4) is 5.75 Å². The van der Waals surface area contributed by atoms with Gasteiger partial charge < -0.3 is 5.11 Å². The molecule has 0 spiro atoms. The number of carbonyl (C=O) groups excluding carboxylic acids is 1. The van der Waals surface area contributed by atoms with E-state index < -0.39 is 5.91 Å².